The second kappa shape index (κ2) is 5.71. The second-order valence-electron chi connectivity index (χ2n) is 9.87. The highest BCUT2D eigenvalue weighted by Gasteiger charge is 2.60. The molecule has 0 aromatic heterocycles. The molecule has 1 heteroatoms. The van der Waals surface area contributed by atoms with Crippen LogP contribution in [0.3, 0.4) is 0 Å². The van der Waals surface area contributed by atoms with Crippen LogP contribution in [0.4, 0.5) is 0 Å². The number of rotatable bonds is 2. The van der Waals surface area contributed by atoms with Crippen LogP contribution >= 0.6 is 0 Å². The van der Waals surface area contributed by atoms with E-state index in [0.717, 1.165) is 23.7 Å². The van der Waals surface area contributed by atoms with Crippen molar-refractivity contribution in [1.29, 1.82) is 0 Å². The topological polar surface area (TPSA) is 26.0 Å². The van der Waals surface area contributed by atoms with Gasteiger partial charge < -0.3 is 5.73 Å². The summed E-state index contributed by atoms with van der Waals surface area (Å²) in [5.74, 6) is 3.86. The molecular formula is C24H35N. The monoisotopic (exact) mass is 337 g/mol. The summed E-state index contributed by atoms with van der Waals surface area (Å²) in [6, 6.07) is 0. The van der Waals surface area contributed by atoms with Gasteiger partial charge in [0.2, 0.25) is 0 Å². The van der Waals surface area contributed by atoms with Gasteiger partial charge in [-0.2, -0.15) is 0 Å². The maximum atomic E-state index is 6.00. The Morgan fingerprint density at radius 1 is 1.28 bits per heavy atom. The minimum absolute atomic E-state index is 0.244. The second-order valence-corrected chi connectivity index (χ2v) is 9.87. The lowest BCUT2D eigenvalue weighted by Gasteiger charge is -2.60. The molecule has 0 heterocycles. The van der Waals surface area contributed by atoms with E-state index < -0.39 is 0 Å². The van der Waals surface area contributed by atoms with Gasteiger partial charge in [0.05, 0.1) is 0 Å². The molecule has 4 aliphatic rings. The third kappa shape index (κ3) is 2.31. The highest BCUT2D eigenvalue weighted by Crippen LogP contribution is 2.68. The van der Waals surface area contributed by atoms with Crippen molar-refractivity contribution < 1.29 is 0 Å². The van der Waals surface area contributed by atoms with Gasteiger partial charge in [0.1, 0.15) is 0 Å². The van der Waals surface area contributed by atoms with Crippen molar-refractivity contribution in [2.24, 2.45) is 46.2 Å². The number of hydrogen-bond donors (Lipinski definition) is 1. The lowest BCUT2D eigenvalue weighted by Crippen LogP contribution is -2.53. The fourth-order valence-corrected chi connectivity index (χ4v) is 7.79. The van der Waals surface area contributed by atoms with Crippen LogP contribution in [0, 0.1) is 40.4 Å². The van der Waals surface area contributed by atoms with Gasteiger partial charge in [0, 0.05) is 12.0 Å². The Morgan fingerprint density at radius 2 is 2.04 bits per heavy atom. The van der Waals surface area contributed by atoms with Crippen LogP contribution < -0.4 is 5.73 Å². The fraction of sp³-hybridized carbons (Fsp3) is 0.667. The molecule has 25 heavy (non-hydrogen) atoms. The Hall–Kier alpha value is -1.08. The van der Waals surface area contributed by atoms with E-state index in [9.17, 15) is 0 Å². The summed E-state index contributed by atoms with van der Waals surface area (Å²) >= 11 is 0. The SMILES string of the molecule is C=C1C=CC2(C)C(=C1)CCC1C2C(C)CC2(C)C(C(=C)CN)CCC12. The van der Waals surface area contributed by atoms with Gasteiger partial charge in [0.15, 0.2) is 0 Å². The van der Waals surface area contributed by atoms with Crippen molar-refractivity contribution in [3.05, 3.63) is 48.1 Å². The molecule has 7 unspecified atom stereocenters. The normalized spacial score (nSPS) is 48.4. The van der Waals surface area contributed by atoms with Gasteiger partial charge in [0.25, 0.3) is 0 Å². The summed E-state index contributed by atoms with van der Waals surface area (Å²) in [5.41, 5.74) is 10.8. The van der Waals surface area contributed by atoms with E-state index >= 15 is 0 Å². The Morgan fingerprint density at radius 3 is 2.76 bits per heavy atom. The van der Waals surface area contributed by atoms with Crippen molar-refractivity contribution >= 4 is 0 Å². The van der Waals surface area contributed by atoms with Gasteiger partial charge in [-0.3, -0.25) is 0 Å². The predicted molar refractivity (Wildman–Crippen MR) is 107 cm³/mol. The van der Waals surface area contributed by atoms with E-state index in [1.54, 1.807) is 5.57 Å². The molecule has 2 N–H and O–H groups in total. The Labute approximate surface area is 154 Å². The van der Waals surface area contributed by atoms with Gasteiger partial charge in [-0.15, -0.1) is 0 Å². The number of allylic oxidation sites excluding steroid dienone is 5. The summed E-state index contributed by atoms with van der Waals surface area (Å²) < 4.78 is 0. The van der Waals surface area contributed by atoms with Crippen molar-refractivity contribution in [3.8, 4) is 0 Å². The average molecular weight is 338 g/mol. The molecule has 0 saturated heterocycles. The van der Waals surface area contributed by atoms with E-state index in [2.05, 4.69) is 52.2 Å². The summed E-state index contributed by atoms with van der Waals surface area (Å²) in [5, 5.41) is 0. The molecular weight excluding hydrogens is 302 g/mol. The van der Waals surface area contributed by atoms with Gasteiger partial charge in [-0.1, -0.05) is 63.3 Å². The molecule has 4 rings (SSSR count). The molecule has 3 fully saturated rings. The molecule has 1 nitrogen and oxygen atoms in total. The zero-order valence-electron chi connectivity index (χ0n) is 16.4. The molecule has 0 aliphatic heterocycles. The highest BCUT2D eigenvalue weighted by molar-refractivity contribution is 5.43. The van der Waals surface area contributed by atoms with Crippen molar-refractivity contribution in [1.82, 2.24) is 0 Å². The van der Waals surface area contributed by atoms with Crippen LogP contribution in [-0.4, -0.2) is 6.54 Å². The van der Waals surface area contributed by atoms with Crippen molar-refractivity contribution in [2.45, 2.75) is 52.9 Å². The molecule has 0 aromatic carbocycles. The maximum absolute atomic E-state index is 6.00. The third-order valence-corrected chi connectivity index (χ3v) is 8.65. The number of fused-ring (bicyclic) bond motifs is 5. The molecule has 0 aromatic rings. The first-order valence-electron chi connectivity index (χ1n) is 10.3. The maximum Gasteiger partial charge on any atom is 0.0137 e. The smallest absolute Gasteiger partial charge is 0.0137 e. The Bertz CT molecular complexity index is 668. The summed E-state index contributed by atoms with van der Waals surface area (Å²) in [6.45, 7) is 16.8. The van der Waals surface area contributed by atoms with Crippen molar-refractivity contribution in [2.75, 3.05) is 6.54 Å². The molecule has 4 aliphatic carbocycles. The lowest BCUT2D eigenvalue weighted by molar-refractivity contribution is -0.0640. The van der Waals surface area contributed by atoms with Gasteiger partial charge in [-0.25, -0.2) is 0 Å². The van der Waals surface area contributed by atoms with Crippen LogP contribution in [-0.2, 0) is 0 Å². The first-order valence-corrected chi connectivity index (χ1v) is 10.3. The van der Waals surface area contributed by atoms with Crippen LogP contribution in [0.25, 0.3) is 0 Å². The zero-order chi connectivity index (χ0) is 18.0. The summed E-state index contributed by atoms with van der Waals surface area (Å²) in [7, 11) is 0. The minimum Gasteiger partial charge on any atom is -0.327 e. The van der Waals surface area contributed by atoms with Crippen molar-refractivity contribution in [3.63, 3.8) is 0 Å². The molecule has 136 valence electrons. The molecule has 0 spiro atoms. The first-order chi connectivity index (χ1) is 11.8. The molecule has 0 radical (unpaired) electrons. The van der Waals surface area contributed by atoms with E-state index in [1.807, 2.05) is 0 Å². The van der Waals surface area contributed by atoms with Crippen LogP contribution in [0.2, 0.25) is 0 Å². The standard InChI is InChI=1S/C24H35N/c1-15-10-11-23(4)18(12-15)6-7-19-21-9-8-20(17(3)14-25)24(21,5)13-16(2)22(19)23/h10-12,16,19-22H,1,3,6-9,13-14,25H2,2,4-5H3. The van der Waals surface area contributed by atoms with Gasteiger partial charge in [-0.05, 0) is 72.7 Å². The largest absolute Gasteiger partial charge is 0.327 e. The van der Waals surface area contributed by atoms with E-state index in [-0.39, 0.29) is 5.41 Å². The zero-order valence-corrected chi connectivity index (χ0v) is 16.4. The van der Waals surface area contributed by atoms with E-state index in [4.69, 9.17) is 5.73 Å². The summed E-state index contributed by atoms with van der Waals surface area (Å²) in [4.78, 5) is 0. The summed E-state index contributed by atoms with van der Waals surface area (Å²) in [6.07, 6.45) is 13.8. The lowest BCUT2D eigenvalue weighted by atomic mass is 9.45. The van der Waals surface area contributed by atoms with Crippen LogP contribution in [0.15, 0.2) is 48.1 Å². The van der Waals surface area contributed by atoms with E-state index in [0.29, 0.717) is 17.9 Å². The molecule has 3 saturated carbocycles. The quantitative estimate of drug-likeness (QED) is 0.647. The predicted octanol–water partition coefficient (Wildman–Crippen LogP) is 5.66. The highest BCUT2D eigenvalue weighted by atomic mass is 14.7. The molecule has 7 atom stereocenters. The number of hydrogen-bond acceptors (Lipinski definition) is 1. The number of nitrogens with two attached hydrogens (primary N) is 1. The third-order valence-electron chi connectivity index (χ3n) is 8.65. The molecule has 0 bridgehead atoms. The van der Waals surface area contributed by atoms with Crippen LogP contribution in [0.1, 0.15) is 52.9 Å². The Kier molecular flexibility index (Phi) is 3.96. The fourth-order valence-electron chi connectivity index (χ4n) is 7.79. The Balaban J connectivity index is 1.71. The first kappa shape index (κ1) is 17.3. The van der Waals surface area contributed by atoms with Gasteiger partial charge >= 0.3 is 0 Å². The van der Waals surface area contributed by atoms with E-state index in [1.165, 1.54) is 43.3 Å². The minimum atomic E-state index is 0.244. The average Bonchev–Trinajstić information content (AvgIpc) is 2.91. The van der Waals surface area contributed by atoms with Crippen LogP contribution in [0.5, 0.6) is 0 Å². The molecule has 0 amide bonds.